The highest BCUT2D eigenvalue weighted by Crippen LogP contribution is 2.16. The zero-order chi connectivity index (χ0) is 14.1. The summed E-state index contributed by atoms with van der Waals surface area (Å²) >= 11 is 0. The van der Waals surface area contributed by atoms with E-state index in [9.17, 15) is 9.59 Å². The molecule has 0 saturated heterocycles. The van der Waals surface area contributed by atoms with Crippen molar-refractivity contribution in [3.8, 4) is 0 Å². The Balaban J connectivity index is 2.12. The van der Waals surface area contributed by atoms with Crippen LogP contribution < -0.4 is 5.56 Å². The van der Waals surface area contributed by atoms with Gasteiger partial charge in [-0.15, -0.1) is 0 Å². The number of pyridine rings is 1. The molecule has 20 heavy (non-hydrogen) atoms. The number of hydrogen-bond acceptors (Lipinski definition) is 2. The third-order valence-corrected chi connectivity index (χ3v) is 3.33. The molecule has 0 atom stereocenters. The first-order valence-corrected chi connectivity index (χ1v) is 6.38. The normalized spacial score (nSPS) is 10.7. The summed E-state index contributed by atoms with van der Waals surface area (Å²) in [6.07, 6.45) is 0. The summed E-state index contributed by atoms with van der Waals surface area (Å²) < 4.78 is 0. The van der Waals surface area contributed by atoms with Crippen LogP contribution in [0.25, 0.3) is 10.9 Å². The van der Waals surface area contributed by atoms with Gasteiger partial charge < -0.3 is 4.98 Å². The largest absolute Gasteiger partial charge is 0.322 e. The Kier molecular flexibility index (Phi) is 2.95. The molecule has 0 aliphatic carbocycles. The SMILES string of the molecule is Cc1cc2cc(C(=O)c3ccccc3)ccc2[nH]c1=O. The van der Waals surface area contributed by atoms with Crippen molar-refractivity contribution in [1.29, 1.82) is 0 Å². The van der Waals surface area contributed by atoms with Gasteiger partial charge in [-0.2, -0.15) is 0 Å². The fraction of sp³-hybridized carbons (Fsp3) is 0.0588. The summed E-state index contributed by atoms with van der Waals surface area (Å²) in [5.74, 6) is -0.0173. The van der Waals surface area contributed by atoms with Gasteiger partial charge in [0, 0.05) is 22.2 Å². The molecule has 0 fully saturated rings. The fourth-order valence-electron chi connectivity index (χ4n) is 2.21. The van der Waals surface area contributed by atoms with E-state index in [1.165, 1.54) is 0 Å². The van der Waals surface area contributed by atoms with Crippen LogP contribution in [0.2, 0.25) is 0 Å². The van der Waals surface area contributed by atoms with Crippen LogP contribution in [0.15, 0.2) is 59.4 Å². The molecule has 0 saturated carbocycles. The van der Waals surface area contributed by atoms with Gasteiger partial charge in [0.2, 0.25) is 0 Å². The molecule has 3 rings (SSSR count). The van der Waals surface area contributed by atoms with Crippen LogP contribution in [0.4, 0.5) is 0 Å². The van der Waals surface area contributed by atoms with E-state index in [0.717, 1.165) is 10.9 Å². The number of carbonyl (C=O) groups is 1. The van der Waals surface area contributed by atoms with Crippen molar-refractivity contribution in [3.63, 3.8) is 0 Å². The van der Waals surface area contributed by atoms with Crippen molar-refractivity contribution in [1.82, 2.24) is 4.98 Å². The number of fused-ring (bicyclic) bond motifs is 1. The van der Waals surface area contributed by atoms with E-state index in [1.807, 2.05) is 24.3 Å². The number of aromatic nitrogens is 1. The molecule has 3 aromatic rings. The predicted molar refractivity (Wildman–Crippen MR) is 79.2 cm³/mol. The summed E-state index contributed by atoms with van der Waals surface area (Å²) in [6, 6.07) is 16.3. The van der Waals surface area contributed by atoms with Crippen LogP contribution in [-0.2, 0) is 0 Å². The van der Waals surface area contributed by atoms with E-state index in [4.69, 9.17) is 0 Å². The Labute approximate surface area is 115 Å². The van der Waals surface area contributed by atoms with Gasteiger partial charge in [-0.1, -0.05) is 30.3 Å². The maximum Gasteiger partial charge on any atom is 0.251 e. The second-order valence-corrected chi connectivity index (χ2v) is 4.78. The van der Waals surface area contributed by atoms with Crippen LogP contribution in [0.3, 0.4) is 0 Å². The van der Waals surface area contributed by atoms with Gasteiger partial charge in [0.05, 0.1) is 0 Å². The summed E-state index contributed by atoms with van der Waals surface area (Å²) in [4.78, 5) is 26.7. The number of nitrogens with one attached hydrogen (secondary N) is 1. The number of rotatable bonds is 2. The van der Waals surface area contributed by atoms with Crippen molar-refractivity contribution in [2.75, 3.05) is 0 Å². The number of H-pyrrole nitrogens is 1. The Morgan fingerprint density at radius 3 is 2.45 bits per heavy atom. The van der Waals surface area contributed by atoms with Gasteiger partial charge in [0.25, 0.3) is 5.56 Å². The Morgan fingerprint density at radius 2 is 1.70 bits per heavy atom. The lowest BCUT2D eigenvalue weighted by Gasteiger charge is -2.04. The maximum absolute atomic E-state index is 12.4. The number of hydrogen-bond donors (Lipinski definition) is 1. The second kappa shape index (κ2) is 4.78. The minimum Gasteiger partial charge on any atom is -0.322 e. The quantitative estimate of drug-likeness (QED) is 0.722. The number of carbonyl (C=O) groups excluding carboxylic acids is 1. The molecule has 3 heteroatoms. The van der Waals surface area contributed by atoms with Crippen molar-refractivity contribution in [2.24, 2.45) is 0 Å². The van der Waals surface area contributed by atoms with Gasteiger partial charge in [-0.05, 0) is 36.6 Å². The average molecular weight is 263 g/mol. The van der Waals surface area contributed by atoms with Crippen LogP contribution in [0, 0.1) is 6.92 Å². The molecular formula is C17H13NO2. The van der Waals surface area contributed by atoms with Crippen molar-refractivity contribution in [3.05, 3.63) is 81.6 Å². The minimum absolute atomic E-state index is 0.0173. The smallest absolute Gasteiger partial charge is 0.251 e. The zero-order valence-electron chi connectivity index (χ0n) is 11.0. The first-order chi connectivity index (χ1) is 9.65. The molecule has 0 unspecified atom stereocenters. The highest BCUT2D eigenvalue weighted by Gasteiger charge is 2.09. The van der Waals surface area contributed by atoms with Gasteiger partial charge in [-0.3, -0.25) is 9.59 Å². The second-order valence-electron chi connectivity index (χ2n) is 4.78. The van der Waals surface area contributed by atoms with Gasteiger partial charge in [-0.25, -0.2) is 0 Å². The summed E-state index contributed by atoms with van der Waals surface area (Å²) in [5, 5.41) is 0.865. The third kappa shape index (κ3) is 2.14. The molecule has 2 aromatic carbocycles. The van der Waals surface area contributed by atoms with Crippen molar-refractivity contribution < 1.29 is 4.79 Å². The van der Waals surface area contributed by atoms with Crippen LogP contribution in [0.5, 0.6) is 0 Å². The average Bonchev–Trinajstić information content (AvgIpc) is 2.48. The van der Waals surface area contributed by atoms with Gasteiger partial charge >= 0.3 is 0 Å². The molecular weight excluding hydrogens is 250 g/mol. The molecule has 0 radical (unpaired) electrons. The monoisotopic (exact) mass is 263 g/mol. The van der Waals surface area contributed by atoms with E-state index < -0.39 is 0 Å². The molecule has 1 N–H and O–H groups in total. The fourth-order valence-corrected chi connectivity index (χ4v) is 2.21. The molecule has 3 nitrogen and oxygen atoms in total. The maximum atomic E-state index is 12.4. The molecule has 1 aromatic heterocycles. The number of benzene rings is 2. The Hall–Kier alpha value is -2.68. The topological polar surface area (TPSA) is 49.9 Å². The molecule has 0 aliphatic rings. The number of aryl methyl sites for hydroxylation is 1. The highest BCUT2D eigenvalue weighted by atomic mass is 16.1. The number of aromatic amines is 1. The Morgan fingerprint density at radius 1 is 0.950 bits per heavy atom. The highest BCUT2D eigenvalue weighted by molar-refractivity contribution is 6.10. The first kappa shape index (κ1) is 12.4. The predicted octanol–water partition coefficient (Wildman–Crippen LogP) is 3.07. The molecule has 0 aliphatic heterocycles. The third-order valence-electron chi connectivity index (χ3n) is 3.33. The van der Waals surface area contributed by atoms with Crippen molar-refractivity contribution in [2.45, 2.75) is 6.92 Å². The van der Waals surface area contributed by atoms with E-state index in [1.54, 1.807) is 37.3 Å². The molecule has 1 heterocycles. The van der Waals surface area contributed by atoms with E-state index in [-0.39, 0.29) is 11.3 Å². The summed E-state index contributed by atoms with van der Waals surface area (Å²) in [6.45, 7) is 1.75. The lowest BCUT2D eigenvalue weighted by atomic mass is 10.0. The molecule has 0 amide bonds. The molecule has 0 bridgehead atoms. The van der Waals surface area contributed by atoms with Crippen molar-refractivity contribution >= 4 is 16.7 Å². The van der Waals surface area contributed by atoms with Crippen LogP contribution in [0.1, 0.15) is 21.5 Å². The Bertz CT molecular complexity index is 848. The first-order valence-electron chi connectivity index (χ1n) is 6.38. The minimum atomic E-state index is -0.0976. The number of ketones is 1. The lowest BCUT2D eigenvalue weighted by molar-refractivity contribution is 0.103. The van der Waals surface area contributed by atoms with E-state index in [2.05, 4.69) is 4.98 Å². The lowest BCUT2D eigenvalue weighted by Crippen LogP contribution is -2.09. The standard InChI is InChI=1S/C17H13NO2/c1-11-9-14-10-13(7-8-15(14)18-17(11)20)16(19)12-5-3-2-4-6-12/h2-10H,1H3,(H,18,20). The van der Waals surface area contributed by atoms with Crippen LogP contribution >= 0.6 is 0 Å². The summed E-state index contributed by atoms with van der Waals surface area (Å²) in [7, 11) is 0. The van der Waals surface area contributed by atoms with Crippen LogP contribution in [-0.4, -0.2) is 10.8 Å². The van der Waals surface area contributed by atoms with E-state index in [0.29, 0.717) is 16.7 Å². The van der Waals surface area contributed by atoms with Gasteiger partial charge in [0.15, 0.2) is 5.78 Å². The van der Waals surface area contributed by atoms with E-state index >= 15 is 0 Å². The zero-order valence-corrected chi connectivity index (χ0v) is 11.0. The summed E-state index contributed by atoms with van der Waals surface area (Å²) in [5.41, 5.74) is 2.56. The molecule has 98 valence electrons. The van der Waals surface area contributed by atoms with Gasteiger partial charge in [0.1, 0.15) is 0 Å². The molecule has 0 spiro atoms.